The van der Waals surface area contributed by atoms with Crippen molar-refractivity contribution < 1.29 is 27.4 Å². The van der Waals surface area contributed by atoms with Crippen molar-refractivity contribution in [2.45, 2.75) is 19.4 Å². The zero-order valence-corrected chi connectivity index (χ0v) is 9.03. The third kappa shape index (κ3) is 4.44. The lowest BCUT2D eigenvalue weighted by Crippen LogP contribution is -2.26. The average Bonchev–Trinajstić information content (AvgIpc) is 2.26. The summed E-state index contributed by atoms with van der Waals surface area (Å²) in [5.74, 6) is -1.06. The van der Waals surface area contributed by atoms with Gasteiger partial charge in [0.1, 0.15) is 0 Å². The van der Waals surface area contributed by atoms with Crippen molar-refractivity contribution in [2.24, 2.45) is 0 Å². The molecule has 0 bridgehead atoms. The number of ether oxygens (including phenoxy) is 2. The van der Waals surface area contributed by atoms with Gasteiger partial charge in [-0.25, -0.2) is 4.79 Å². The van der Waals surface area contributed by atoms with Gasteiger partial charge in [0.2, 0.25) is 0 Å². The lowest BCUT2D eigenvalue weighted by Gasteiger charge is -2.18. The number of benzene rings is 1. The standard InChI is InChI=1S/C11H11F3O3/c1-2-16-10(15)9(17-11(12,13)14)8-6-4-3-5-7-8/h3-7,9H,2H2,1H3. The zero-order valence-electron chi connectivity index (χ0n) is 9.03. The van der Waals surface area contributed by atoms with Crippen LogP contribution in [0.15, 0.2) is 30.3 Å². The Balaban J connectivity index is 2.91. The molecule has 1 rings (SSSR count). The predicted molar refractivity (Wildman–Crippen MR) is 53.0 cm³/mol. The SMILES string of the molecule is CCOC(=O)C(OC(F)(F)F)c1ccccc1. The van der Waals surface area contributed by atoms with E-state index in [1.54, 1.807) is 6.07 Å². The van der Waals surface area contributed by atoms with E-state index in [1.807, 2.05) is 0 Å². The van der Waals surface area contributed by atoms with Crippen LogP contribution in [-0.4, -0.2) is 18.9 Å². The average molecular weight is 248 g/mol. The largest absolute Gasteiger partial charge is 0.523 e. The molecule has 3 nitrogen and oxygen atoms in total. The number of rotatable bonds is 4. The summed E-state index contributed by atoms with van der Waals surface area (Å²) in [6.45, 7) is 1.50. The topological polar surface area (TPSA) is 35.5 Å². The Labute approximate surface area is 96.1 Å². The molecule has 0 aliphatic carbocycles. The predicted octanol–water partition coefficient (Wildman–Crippen LogP) is 2.83. The van der Waals surface area contributed by atoms with E-state index in [2.05, 4.69) is 9.47 Å². The van der Waals surface area contributed by atoms with Crippen LogP contribution in [0.2, 0.25) is 0 Å². The molecule has 6 heteroatoms. The van der Waals surface area contributed by atoms with Gasteiger partial charge in [-0.3, -0.25) is 4.74 Å². The molecule has 1 unspecified atom stereocenters. The van der Waals surface area contributed by atoms with E-state index < -0.39 is 18.4 Å². The Bertz CT molecular complexity index is 362. The van der Waals surface area contributed by atoms with Crippen LogP contribution in [-0.2, 0) is 14.3 Å². The van der Waals surface area contributed by atoms with Crippen molar-refractivity contribution in [3.8, 4) is 0 Å². The Morgan fingerprint density at radius 3 is 2.35 bits per heavy atom. The Morgan fingerprint density at radius 1 is 1.29 bits per heavy atom. The second kappa shape index (κ2) is 5.67. The van der Waals surface area contributed by atoms with Gasteiger partial charge >= 0.3 is 12.3 Å². The van der Waals surface area contributed by atoms with Gasteiger partial charge in [0.25, 0.3) is 0 Å². The fourth-order valence-corrected chi connectivity index (χ4v) is 1.23. The normalized spacial score (nSPS) is 13.2. The summed E-state index contributed by atoms with van der Waals surface area (Å²) >= 11 is 0. The molecule has 1 atom stereocenters. The highest BCUT2D eigenvalue weighted by Gasteiger charge is 2.38. The molecular weight excluding hydrogens is 237 g/mol. The highest BCUT2D eigenvalue weighted by Crippen LogP contribution is 2.28. The van der Waals surface area contributed by atoms with Gasteiger partial charge in [0.05, 0.1) is 6.61 Å². The molecule has 94 valence electrons. The summed E-state index contributed by atoms with van der Waals surface area (Å²) in [6.07, 6.45) is -6.68. The summed E-state index contributed by atoms with van der Waals surface area (Å²) < 4.78 is 44.8. The maximum absolute atomic E-state index is 12.2. The molecule has 0 saturated heterocycles. The molecule has 0 radical (unpaired) electrons. The van der Waals surface area contributed by atoms with Crippen LogP contribution >= 0.6 is 0 Å². The van der Waals surface area contributed by atoms with E-state index in [-0.39, 0.29) is 12.2 Å². The van der Waals surface area contributed by atoms with E-state index >= 15 is 0 Å². The summed E-state index contributed by atoms with van der Waals surface area (Å²) in [4.78, 5) is 11.4. The van der Waals surface area contributed by atoms with E-state index in [1.165, 1.54) is 31.2 Å². The van der Waals surface area contributed by atoms with Crippen LogP contribution in [0.4, 0.5) is 13.2 Å². The third-order valence-corrected chi connectivity index (χ3v) is 1.85. The summed E-state index contributed by atoms with van der Waals surface area (Å²) in [5.41, 5.74) is 0.100. The van der Waals surface area contributed by atoms with E-state index in [4.69, 9.17) is 0 Å². The summed E-state index contributed by atoms with van der Waals surface area (Å²) in [6, 6.07) is 7.39. The number of hydrogen-bond donors (Lipinski definition) is 0. The van der Waals surface area contributed by atoms with Crippen molar-refractivity contribution in [3.63, 3.8) is 0 Å². The first kappa shape index (κ1) is 13.5. The molecule has 0 N–H and O–H groups in total. The Hall–Kier alpha value is -1.56. The number of carbonyl (C=O) groups is 1. The maximum atomic E-state index is 12.2. The number of carbonyl (C=O) groups excluding carboxylic acids is 1. The van der Waals surface area contributed by atoms with Gasteiger partial charge in [0.15, 0.2) is 6.10 Å². The number of halogens is 3. The van der Waals surface area contributed by atoms with Crippen LogP contribution < -0.4 is 0 Å². The van der Waals surface area contributed by atoms with Crippen molar-refractivity contribution in [1.29, 1.82) is 0 Å². The fraction of sp³-hybridized carbons (Fsp3) is 0.364. The van der Waals surface area contributed by atoms with Gasteiger partial charge in [-0.15, -0.1) is 13.2 Å². The smallest absolute Gasteiger partial charge is 0.464 e. The Morgan fingerprint density at radius 2 is 1.88 bits per heavy atom. The molecule has 0 spiro atoms. The van der Waals surface area contributed by atoms with E-state index in [0.717, 1.165) is 0 Å². The second-order valence-corrected chi connectivity index (χ2v) is 3.11. The number of esters is 1. The number of alkyl halides is 3. The van der Waals surface area contributed by atoms with Gasteiger partial charge < -0.3 is 4.74 Å². The van der Waals surface area contributed by atoms with Crippen LogP contribution in [0.3, 0.4) is 0 Å². The molecule has 0 aliphatic heterocycles. The number of hydrogen-bond acceptors (Lipinski definition) is 3. The van der Waals surface area contributed by atoms with Gasteiger partial charge in [-0.2, -0.15) is 0 Å². The van der Waals surface area contributed by atoms with E-state index in [0.29, 0.717) is 0 Å². The molecule has 0 aliphatic rings. The molecule has 0 fully saturated rings. The quantitative estimate of drug-likeness (QED) is 0.768. The molecule has 17 heavy (non-hydrogen) atoms. The summed E-state index contributed by atoms with van der Waals surface area (Å²) in [7, 11) is 0. The van der Waals surface area contributed by atoms with Crippen molar-refractivity contribution in [2.75, 3.05) is 6.61 Å². The molecule has 0 aromatic heterocycles. The fourth-order valence-electron chi connectivity index (χ4n) is 1.23. The van der Waals surface area contributed by atoms with Gasteiger partial charge in [0, 0.05) is 0 Å². The molecule has 1 aromatic rings. The van der Waals surface area contributed by atoms with Gasteiger partial charge in [-0.1, -0.05) is 30.3 Å². The Kier molecular flexibility index (Phi) is 4.51. The first-order valence-electron chi connectivity index (χ1n) is 4.90. The van der Waals surface area contributed by atoms with Crippen LogP contribution in [0, 0.1) is 0 Å². The maximum Gasteiger partial charge on any atom is 0.523 e. The monoisotopic (exact) mass is 248 g/mol. The minimum Gasteiger partial charge on any atom is -0.464 e. The lowest BCUT2D eigenvalue weighted by molar-refractivity contribution is -0.342. The van der Waals surface area contributed by atoms with Crippen molar-refractivity contribution in [1.82, 2.24) is 0 Å². The summed E-state index contributed by atoms with van der Waals surface area (Å²) in [5, 5.41) is 0. The molecule has 0 heterocycles. The molecule has 1 aromatic carbocycles. The van der Waals surface area contributed by atoms with Crippen molar-refractivity contribution in [3.05, 3.63) is 35.9 Å². The van der Waals surface area contributed by atoms with Crippen LogP contribution in [0.1, 0.15) is 18.6 Å². The molecular formula is C11H11F3O3. The molecule has 0 amide bonds. The third-order valence-electron chi connectivity index (χ3n) is 1.85. The minimum atomic E-state index is -4.90. The highest BCUT2D eigenvalue weighted by molar-refractivity contribution is 5.76. The van der Waals surface area contributed by atoms with Gasteiger partial charge in [-0.05, 0) is 12.5 Å². The van der Waals surface area contributed by atoms with Crippen LogP contribution in [0.5, 0.6) is 0 Å². The van der Waals surface area contributed by atoms with E-state index in [9.17, 15) is 18.0 Å². The lowest BCUT2D eigenvalue weighted by atomic mass is 10.1. The zero-order chi connectivity index (χ0) is 12.9. The highest BCUT2D eigenvalue weighted by atomic mass is 19.4. The first-order valence-corrected chi connectivity index (χ1v) is 4.90. The second-order valence-electron chi connectivity index (χ2n) is 3.11. The molecule has 0 saturated carbocycles. The minimum absolute atomic E-state index is 0.0105. The first-order chi connectivity index (χ1) is 7.94. The van der Waals surface area contributed by atoms with Crippen molar-refractivity contribution >= 4 is 5.97 Å². The van der Waals surface area contributed by atoms with Crippen LogP contribution in [0.25, 0.3) is 0 Å².